The highest BCUT2D eigenvalue weighted by Crippen LogP contribution is 2.35. The predicted molar refractivity (Wildman–Crippen MR) is 65.6 cm³/mol. The van der Waals surface area contributed by atoms with Crippen LogP contribution in [0.4, 0.5) is 0 Å². The van der Waals surface area contributed by atoms with Crippen LogP contribution >= 0.6 is 11.8 Å². The molecule has 0 bridgehead atoms. The summed E-state index contributed by atoms with van der Waals surface area (Å²) in [6.45, 7) is -0.327. The van der Waals surface area contributed by atoms with Gasteiger partial charge in [-0.3, -0.25) is 14.3 Å². The van der Waals surface area contributed by atoms with Crippen LogP contribution in [0, 0.1) is 0 Å². The van der Waals surface area contributed by atoms with Crippen molar-refractivity contribution in [1.82, 2.24) is 9.55 Å². The van der Waals surface area contributed by atoms with E-state index in [0.717, 1.165) is 0 Å². The Bertz CT molecular complexity index is 527. The Balaban J connectivity index is 2.38. The SMILES string of the molecule is CSC1[C@@H](O)[C@@H](CO)O[C@H]1n1ccc(=O)[nH]c1=O. The summed E-state index contributed by atoms with van der Waals surface area (Å²) in [5.41, 5.74) is -1.09. The predicted octanol–water partition coefficient (Wildman–Crippen LogP) is -1.48. The normalized spacial score (nSPS) is 31.7. The third-order valence-corrected chi connectivity index (χ3v) is 3.95. The maximum Gasteiger partial charge on any atom is 0.330 e. The minimum atomic E-state index is -0.867. The number of thioether (sulfide) groups is 1. The molecule has 7 nitrogen and oxygen atoms in total. The van der Waals surface area contributed by atoms with E-state index >= 15 is 0 Å². The van der Waals surface area contributed by atoms with Gasteiger partial charge in [-0.25, -0.2) is 4.79 Å². The molecule has 1 fully saturated rings. The molecular weight excluding hydrogens is 260 g/mol. The summed E-state index contributed by atoms with van der Waals surface area (Å²) in [4.78, 5) is 24.8. The molecule has 3 N–H and O–H groups in total. The van der Waals surface area contributed by atoms with Gasteiger partial charge < -0.3 is 14.9 Å². The second kappa shape index (κ2) is 5.27. The maximum atomic E-state index is 11.7. The van der Waals surface area contributed by atoms with Crippen LogP contribution < -0.4 is 11.2 Å². The first-order valence-corrected chi connectivity index (χ1v) is 6.66. The molecule has 2 heterocycles. The molecule has 1 aromatic rings. The number of hydrogen-bond acceptors (Lipinski definition) is 6. The molecule has 0 radical (unpaired) electrons. The Morgan fingerprint density at radius 2 is 2.28 bits per heavy atom. The van der Waals surface area contributed by atoms with Crippen molar-refractivity contribution in [3.63, 3.8) is 0 Å². The van der Waals surface area contributed by atoms with Crippen molar-refractivity contribution >= 4 is 11.8 Å². The zero-order valence-electron chi connectivity index (χ0n) is 9.65. The molecule has 1 saturated heterocycles. The minimum Gasteiger partial charge on any atom is -0.394 e. The van der Waals surface area contributed by atoms with E-state index in [9.17, 15) is 14.7 Å². The summed E-state index contributed by atoms with van der Waals surface area (Å²) >= 11 is 1.34. The summed E-state index contributed by atoms with van der Waals surface area (Å²) in [5, 5.41) is 18.6. The third-order valence-electron chi connectivity index (χ3n) is 2.89. The lowest BCUT2D eigenvalue weighted by molar-refractivity contribution is -0.0457. The lowest BCUT2D eigenvalue weighted by Crippen LogP contribution is -2.36. The second-order valence-electron chi connectivity index (χ2n) is 3.96. The highest BCUT2D eigenvalue weighted by molar-refractivity contribution is 7.99. The Kier molecular flexibility index (Phi) is 3.91. The molecule has 4 atom stereocenters. The van der Waals surface area contributed by atoms with Gasteiger partial charge in [-0.2, -0.15) is 11.8 Å². The van der Waals surface area contributed by atoms with Crippen LogP contribution in [0.5, 0.6) is 0 Å². The fourth-order valence-electron chi connectivity index (χ4n) is 1.98. The van der Waals surface area contributed by atoms with Crippen LogP contribution in [0.1, 0.15) is 6.23 Å². The summed E-state index contributed by atoms with van der Waals surface area (Å²) in [5.74, 6) is 0. The van der Waals surface area contributed by atoms with Crippen molar-refractivity contribution in [3.05, 3.63) is 33.1 Å². The van der Waals surface area contributed by atoms with Crippen LogP contribution in [0.25, 0.3) is 0 Å². The number of H-pyrrole nitrogens is 1. The van der Waals surface area contributed by atoms with E-state index in [1.165, 1.54) is 28.6 Å². The van der Waals surface area contributed by atoms with Crippen molar-refractivity contribution in [3.8, 4) is 0 Å². The zero-order valence-corrected chi connectivity index (χ0v) is 10.5. The van der Waals surface area contributed by atoms with Crippen molar-refractivity contribution < 1.29 is 14.9 Å². The number of nitrogens with zero attached hydrogens (tertiary/aromatic N) is 1. The van der Waals surface area contributed by atoms with Gasteiger partial charge in [0.1, 0.15) is 6.10 Å². The van der Waals surface area contributed by atoms with Crippen LogP contribution in [0.15, 0.2) is 21.9 Å². The molecule has 0 aromatic carbocycles. The molecule has 18 heavy (non-hydrogen) atoms. The Hall–Kier alpha value is -1.09. The Labute approximate surface area is 106 Å². The summed E-state index contributed by atoms with van der Waals surface area (Å²) in [7, 11) is 0. The first-order chi connectivity index (χ1) is 8.58. The average molecular weight is 274 g/mol. The summed E-state index contributed by atoms with van der Waals surface area (Å²) < 4.78 is 6.66. The van der Waals surface area contributed by atoms with E-state index in [1.807, 2.05) is 0 Å². The van der Waals surface area contributed by atoms with Crippen LogP contribution in [0.3, 0.4) is 0 Å². The number of aromatic amines is 1. The van der Waals surface area contributed by atoms with Gasteiger partial charge >= 0.3 is 5.69 Å². The number of aliphatic hydroxyl groups excluding tert-OH is 2. The molecule has 8 heteroatoms. The molecule has 100 valence electrons. The van der Waals surface area contributed by atoms with Crippen molar-refractivity contribution in [2.24, 2.45) is 0 Å². The molecule has 0 aliphatic carbocycles. The van der Waals surface area contributed by atoms with E-state index < -0.39 is 29.7 Å². The molecule has 1 aliphatic heterocycles. The lowest BCUT2D eigenvalue weighted by Gasteiger charge is -2.19. The number of aromatic nitrogens is 2. The fourth-order valence-corrected chi connectivity index (χ4v) is 2.86. The number of ether oxygens (including phenoxy) is 1. The first-order valence-electron chi connectivity index (χ1n) is 5.37. The van der Waals surface area contributed by atoms with E-state index in [0.29, 0.717) is 0 Å². The standard InChI is InChI=1S/C10H14N2O5S/c1-18-8-7(15)5(4-13)17-9(8)12-3-2-6(14)11-10(12)16/h2-3,5,7-9,13,15H,4H2,1H3,(H,11,14,16)/t5-,7+,8?,9-/m1/s1. The second-order valence-corrected chi connectivity index (χ2v) is 4.97. The van der Waals surface area contributed by atoms with E-state index in [1.54, 1.807) is 6.26 Å². The third kappa shape index (κ3) is 2.24. The Morgan fingerprint density at radius 3 is 2.83 bits per heavy atom. The molecular formula is C10H14N2O5S. The molecule has 0 spiro atoms. The molecule has 1 unspecified atom stereocenters. The van der Waals surface area contributed by atoms with E-state index in [-0.39, 0.29) is 11.9 Å². The van der Waals surface area contributed by atoms with Crippen molar-refractivity contribution in [1.29, 1.82) is 0 Å². The highest BCUT2D eigenvalue weighted by atomic mass is 32.2. The molecule has 2 rings (SSSR count). The van der Waals surface area contributed by atoms with Gasteiger partial charge in [0, 0.05) is 12.3 Å². The topological polar surface area (TPSA) is 105 Å². The van der Waals surface area contributed by atoms with Crippen LogP contribution in [-0.4, -0.2) is 50.1 Å². The van der Waals surface area contributed by atoms with Gasteiger partial charge in [-0.1, -0.05) is 0 Å². The van der Waals surface area contributed by atoms with Gasteiger partial charge in [0.05, 0.1) is 18.0 Å². The molecule has 0 amide bonds. The molecule has 1 aliphatic rings. The first kappa shape index (κ1) is 13.3. The van der Waals surface area contributed by atoms with Crippen LogP contribution in [-0.2, 0) is 4.74 Å². The smallest absolute Gasteiger partial charge is 0.330 e. The van der Waals surface area contributed by atoms with Crippen LogP contribution in [0.2, 0.25) is 0 Å². The largest absolute Gasteiger partial charge is 0.394 e. The van der Waals surface area contributed by atoms with Gasteiger partial charge in [0.15, 0.2) is 6.23 Å². The maximum absolute atomic E-state index is 11.7. The minimum absolute atomic E-state index is 0.327. The lowest BCUT2D eigenvalue weighted by atomic mass is 10.2. The van der Waals surface area contributed by atoms with Crippen molar-refractivity contribution in [2.45, 2.75) is 23.7 Å². The number of rotatable bonds is 3. The zero-order chi connectivity index (χ0) is 13.3. The molecule has 0 saturated carbocycles. The fraction of sp³-hybridized carbons (Fsp3) is 0.600. The van der Waals surface area contributed by atoms with Gasteiger partial charge in [0.25, 0.3) is 5.56 Å². The van der Waals surface area contributed by atoms with Gasteiger partial charge in [-0.05, 0) is 6.26 Å². The van der Waals surface area contributed by atoms with E-state index in [2.05, 4.69) is 4.98 Å². The van der Waals surface area contributed by atoms with Crippen molar-refractivity contribution in [2.75, 3.05) is 12.9 Å². The van der Waals surface area contributed by atoms with Gasteiger partial charge in [0.2, 0.25) is 0 Å². The quantitative estimate of drug-likeness (QED) is 0.621. The Morgan fingerprint density at radius 1 is 1.56 bits per heavy atom. The highest BCUT2D eigenvalue weighted by Gasteiger charge is 2.44. The molecule has 1 aromatic heterocycles. The van der Waals surface area contributed by atoms with E-state index in [4.69, 9.17) is 9.84 Å². The average Bonchev–Trinajstić information content (AvgIpc) is 2.65. The number of aliphatic hydroxyl groups is 2. The summed E-state index contributed by atoms with van der Waals surface area (Å²) in [6, 6.07) is 1.21. The number of nitrogens with one attached hydrogen (secondary N) is 1. The number of hydrogen-bond donors (Lipinski definition) is 3. The monoisotopic (exact) mass is 274 g/mol. The summed E-state index contributed by atoms with van der Waals surface area (Å²) in [6.07, 6.45) is 0.791. The van der Waals surface area contributed by atoms with Gasteiger partial charge in [-0.15, -0.1) is 0 Å².